The van der Waals surface area contributed by atoms with Crippen molar-refractivity contribution in [2.75, 3.05) is 0 Å². The summed E-state index contributed by atoms with van der Waals surface area (Å²) in [6.07, 6.45) is 0. The molecule has 0 bridgehead atoms. The first-order chi connectivity index (χ1) is 9.29. The average molecular weight is 273 g/mol. The number of hydrogen-bond acceptors (Lipinski definition) is 4. The molecule has 1 aliphatic heterocycles. The topological polar surface area (TPSA) is 47.9 Å². The molecule has 1 aromatic carbocycles. The molecule has 1 aliphatic rings. The second kappa shape index (κ2) is 4.06. The van der Waals surface area contributed by atoms with Crippen LogP contribution < -0.4 is 0 Å². The fraction of sp³-hybridized carbons (Fsp3) is 0.400. The molecule has 104 valence electrons. The Labute approximate surface area is 117 Å². The highest BCUT2D eigenvalue weighted by molar-refractivity contribution is 5.54. The minimum absolute atomic E-state index is 0.285. The molecule has 4 nitrogen and oxygen atoms in total. The molecular formula is C15H16FN3O. The molecule has 0 fully saturated rings. The maximum Gasteiger partial charge on any atom is 0.182 e. The molecule has 0 radical (unpaired) electrons. The predicted molar refractivity (Wildman–Crippen MR) is 72.4 cm³/mol. The van der Waals surface area contributed by atoms with Crippen LogP contribution in [0.4, 0.5) is 4.39 Å². The van der Waals surface area contributed by atoms with Gasteiger partial charge >= 0.3 is 0 Å². The predicted octanol–water partition coefficient (Wildman–Crippen LogP) is 3.18. The molecule has 20 heavy (non-hydrogen) atoms. The molecular weight excluding hydrogens is 257 g/mol. The Morgan fingerprint density at radius 3 is 2.15 bits per heavy atom. The number of rotatable bonds is 1. The number of nitrogens with zero attached hydrogens (tertiary/aromatic N) is 3. The van der Waals surface area contributed by atoms with Crippen LogP contribution in [0.25, 0.3) is 11.4 Å². The second-order valence-electron chi connectivity index (χ2n) is 5.96. The van der Waals surface area contributed by atoms with Gasteiger partial charge in [0.05, 0.1) is 0 Å². The lowest BCUT2D eigenvalue weighted by Crippen LogP contribution is -2.23. The van der Waals surface area contributed by atoms with Gasteiger partial charge in [-0.2, -0.15) is 0 Å². The van der Waals surface area contributed by atoms with Gasteiger partial charge in [-0.15, -0.1) is 10.2 Å². The summed E-state index contributed by atoms with van der Waals surface area (Å²) in [5, 5.41) is 8.42. The zero-order valence-electron chi connectivity index (χ0n) is 11.9. The van der Waals surface area contributed by atoms with E-state index in [2.05, 4.69) is 15.2 Å². The summed E-state index contributed by atoms with van der Waals surface area (Å²) in [4.78, 5) is 4.58. The Morgan fingerprint density at radius 2 is 1.50 bits per heavy atom. The van der Waals surface area contributed by atoms with Crippen LogP contribution in [0.1, 0.15) is 39.1 Å². The normalized spacial score (nSPS) is 18.9. The zero-order chi connectivity index (χ0) is 14.5. The molecule has 0 N–H and O–H groups in total. The van der Waals surface area contributed by atoms with Gasteiger partial charge in [-0.05, 0) is 52.0 Å². The van der Waals surface area contributed by atoms with E-state index in [0.29, 0.717) is 5.82 Å². The Kier molecular flexibility index (Phi) is 2.66. The van der Waals surface area contributed by atoms with E-state index in [9.17, 15) is 4.39 Å². The molecule has 0 spiro atoms. The van der Waals surface area contributed by atoms with E-state index in [1.54, 1.807) is 12.1 Å². The highest BCUT2D eigenvalue weighted by Gasteiger charge is 2.46. The lowest BCUT2D eigenvalue weighted by molar-refractivity contribution is -0.107. The lowest BCUT2D eigenvalue weighted by Gasteiger charge is -2.23. The minimum atomic E-state index is -0.510. The number of halogens is 1. The van der Waals surface area contributed by atoms with Gasteiger partial charge in [0.1, 0.15) is 28.4 Å². The van der Waals surface area contributed by atoms with Crippen LogP contribution in [0.2, 0.25) is 0 Å². The van der Waals surface area contributed by atoms with Gasteiger partial charge in [-0.1, -0.05) is 0 Å². The molecule has 0 unspecified atom stereocenters. The van der Waals surface area contributed by atoms with Crippen molar-refractivity contribution in [1.29, 1.82) is 0 Å². The monoisotopic (exact) mass is 273 g/mol. The first kappa shape index (κ1) is 13.1. The molecule has 0 saturated carbocycles. The van der Waals surface area contributed by atoms with Crippen molar-refractivity contribution in [1.82, 2.24) is 15.2 Å². The second-order valence-corrected chi connectivity index (χ2v) is 5.96. The maximum absolute atomic E-state index is 13.0. The van der Waals surface area contributed by atoms with Crippen molar-refractivity contribution >= 4 is 0 Å². The molecule has 3 rings (SSSR count). The standard InChI is InChI=1S/C15H16FN3O/c1-14(2)11-12(15(3,4)20-14)18-19-13(17-11)9-5-7-10(16)8-6-9/h5-8H,1-4H3. The summed E-state index contributed by atoms with van der Waals surface area (Å²) >= 11 is 0. The largest absolute Gasteiger partial charge is 0.357 e. The third-order valence-corrected chi connectivity index (χ3v) is 3.44. The van der Waals surface area contributed by atoms with Crippen LogP contribution in [-0.4, -0.2) is 15.2 Å². The van der Waals surface area contributed by atoms with E-state index in [-0.39, 0.29) is 5.82 Å². The first-order valence-electron chi connectivity index (χ1n) is 6.51. The lowest BCUT2D eigenvalue weighted by atomic mass is 10.0. The summed E-state index contributed by atoms with van der Waals surface area (Å²) in [5.41, 5.74) is 1.27. The molecule has 0 saturated heterocycles. The fourth-order valence-corrected chi connectivity index (χ4v) is 2.61. The Bertz CT molecular complexity index is 665. The van der Waals surface area contributed by atoms with E-state index in [0.717, 1.165) is 17.0 Å². The van der Waals surface area contributed by atoms with Crippen molar-refractivity contribution in [3.8, 4) is 11.4 Å². The van der Waals surface area contributed by atoms with Gasteiger partial charge in [0.25, 0.3) is 0 Å². The van der Waals surface area contributed by atoms with Gasteiger partial charge in [-0.25, -0.2) is 9.37 Å². The molecule has 5 heteroatoms. The van der Waals surface area contributed by atoms with E-state index in [1.807, 2.05) is 27.7 Å². The van der Waals surface area contributed by atoms with Crippen LogP contribution in [0.3, 0.4) is 0 Å². The quantitative estimate of drug-likeness (QED) is 0.800. The maximum atomic E-state index is 13.0. The zero-order valence-corrected chi connectivity index (χ0v) is 11.9. The molecule has 0 atom stereocenters. The molecule has 0 aliphatic carbocycles. The smallest absolute Gasteiger partial charge is 0.182 e. The summed E-state index contributed by atoms with van der Waals surface area (Å²) in [6.45, 7) is 7.83. The average Bonchev–Trinajstić information content (AvgIpc) is 2.56. The van der Waals surface area contributed by atoms with Gasteiger partial charge in [0.2, 0.25) is 0 Å². The first-order valence-corrected chi connectivity index (χ1v) is 6.51. The number of ether oxygens (including phenoxy) is 1. The van der Waals surface area contributed by atoms with E-state index in [4.69, 9.17) is 4.74 Å². The number of fused-ring (bicyclic) bond motifs is 1. The van der Waals surface area contributed by atoms with Crippen LogP contribution in [0.15, 0.2) is 24.3 Å². The van der Waals surface area contributed by atoms with Crippen molar-refractivity contribution in [2.45, 2.75) is 38.9 Å². The van der Waals surface area contributed by atoms with Crippen LogP contribution in [-0.2, 0) is 15.9 Å². The van der Waals surface area contributed by atoms with E-state index in [1.165, 1.54) is 12.1 Å². The summed E-state index contributed by atoms with van der Waals surface area (Å²) in [5.74, 6) is 0.200. The van der Waals surface area contributed by atoms with E-state index >= 15 is 0 Å². The molecule has 1 aromatic heterocycles. The Balaban J connectivity index is 2.12. The highest BCUT2D eigenvalue weighted by atomic mass is 19.1. The van der Waals surface area contributed by atoms with Crippen LogP contribution in [0.5, 0.6) is 0 Å². The highest BCUT2D eigenvalue weighted by Crippen LogP contribution is 2.44. The molecule has 2 aromatic rings. The Morgan fingerprint density at radius 1 is 0.900 bits per heavy atom. The third-order valence-electron chi connectivity index (χ3n) is 3.44. The van der Waals surface area contributed by atoms with Crippen LogP contribution in [0, 0.1) is 5.82 Å². The van der Waals surface area contributed by atoms with Gasteiger partial charge < -0.3 is 4.74 Å². The van der Waals surface area contributed by atoms with Crippen molar-refractivity contribution < 1.29 is 9.13 Å². The SMILES string of the molecule is CC1(C)OC(C)(C)c2nc(-c3ccc(F)cc3)nnc21. The van der Waals surface area contributed by atoms with Crippen molar-refractivity contribution in [3.05, 3.63) is 41.5 Å². The Hall–Kier alpha value is -1.88. The van der Waals surface area contributed by atoms with E-state index < -0.39 is 11.2 Å². The summed E-state index contributed by atoms with van der Waals surface area (Å²) in [6, 6.07) is 6.06. The summed E-state index contributed by atoms with van der Waals surface area (Å²) in [7, 11) is 0. The summed E-state index contributed by atoms with van der Waals surface area (Å²) < 4.78 is 19.0. The number of benzene rings is 1. The van der Waals surface area contributed by atoms with Gasteiger partial charge in [0.15, 0.2) is 5.82 Å². The van der Waals surface area contributed by atoms with Crippen molar-refractivity contribution in [3.63, 3.8) is 0 Å². The van der Waals surface area contributed by atoms with Crippen LogP contribution >= 0.6 is 0 Å². The van der Waals surface area contributed by atoms with Gasteiger partial charge in [0, 0.05) is 5.56 Å². The van der Waals surface area contributed by atoms with Gasteiger partial charge in [-0.3, -0.25) is 0 Å². The molecule has 0 amide bonds. The minimum Gasteiger partial charge on any atom is -0.357 e. The van der Waals surface area contributed by atoms with Crippen molar-refractivity contribution in [2.24, 2.45) is 0 Å². The fourth-order valence-electron chi connectivity index (χ4n) is 2.61. The third kappa shape index (κ3) is 1.98. The number of hydrogen-bond donors (Lipinski definition) is 0. The molecule has 2 heterocycles. The number of aromatic nitrogens is 3.